The Morgan fingerprint density at radius 2 is 2.43 bits per heavy atom. The van der Waals surface area contributed by atoms with Gasteiger partial charge in [0.05, 0.1) is 0 Å². The second kappa shape index (κ2) is 6.09. The third kappa shape index (κ3) is 3.72. The number of nitrogens with zero attached hydrogens (tertiary/aromatic N) is 2. The van der Waals surface area contributed by atoms with Crippen LogP contribution >= 0.6 is 11.8 Å². The van der Waals surface area contributed by atoms with E-state index in [-0.39, 0.29) is 6.04 Å². The van der Waals surface area contributed by atoms with Gasteiger partial charge in [0, 0.05) is 37.2 Å². The monoisotopic (exact) mass is 213 g/mol. The minimum absolute atomic E-state index is 0.190. The summed E-state index contributed by atoms with van der Waals surface area (Å²) in [5, 5.41) is 0. The summed E-state index contributed by atoms with van der Waals surface area (Å²) in [7, 11) is 0. The number of hydrogen-bond acceptors (Lipinski definition) is 3. The van der Waals surface area contributed by atoms with E-state index in [1.54, 1.807) is 0 Å². The molecule has 0 spiro atoms. The van der Waals surface area contributed by atoms with Gasteiger partial charge < -0.3 is 10.3 Å². The summed E-state index contributed by atoms with van der Waals surface area (Å²) in [5.41, 5.74) is 5.75. The average Bonchev–Trinajstić information content (AvgIpc) is 2.52. The highest BCUT2D eigenvalue weighted by Gasteiger charge is 2.04. The Hall–Kier alpha value is -0.480. The normalized spacial score (nSPS) is 13.1. The molecular weight excluding hydrogens is 194 g/mol. The molecule has 4 heteroatoms. The van der Waals surface area contributed by atoms with E-state index < -0.39 is 0 Å². The molecule has 0 fully saturated rings. The molecule has 1 aromatic rings. The second-order valence-electron chi connectivity index (χ2n) is 3.42. The number of rotatable bonds is 6. The van der Waals surface area contributed by atoms with E-state index >= 15 is 0 Å². The van der Waals surface area contributed by atoms with Gasteiger partial charge in [0.2, 0.25) is 0 Å². The molecule has 0 radical (unpaired) electrons. The molecule has 1 aromatic heterocycles. The summed E-state index contributed by atoms with van der Waals surface area (Å²) >= 11 is 1.95. The number of nitrogens with two attached hydrogens (primary N) is 1. The smallest absolute Gasteiger partial charge is 0.110 e. The van der Waals surface area contributed by atoms with Crippen molar-refractivity contribution in [1.82, 2.24) is 9.55 Å². The molecule has 0 aliphatic carbocycles. The lowest BCUT2D eigenvalue weighted by Gasteiger charge is -2.08. The first-order chi connectivity index (χ1) is 6.74. The molecule has 1 rings (SSSR count). The molecule has 2 N–H and O–H groups in total. The highest BCUT2D eigenvalue weighted by molar-refractivity contribution is 7.99. The van der Waals surface area contributed by atoms with Crippen molar-refractivity contribution in [2.45, 2.75) is 32.9 Å². The lowest BCUT2D eigenvalue weighted by atomic mass is 10.2. The van der Waals surface area contributed by atoms with Crippen LogP contribution in [0.4, 0.5) is 0 Å². The van der Waals surface area contributed by atoms with Gasteiger partial charge in [-0.25, -0.2) is 4.98 Å². The van der Waals surface area contributed by atoms with Gasteiger partial charge in [-0.2, -0.15) is 11.8 Å². The Balaban J connectivity index is 2.45. The summed E-state index contributed by atoms with van der Waals surface area (Å²) in [6.07, 6.45) is 4.76. The SMILES string of the molecule is CCSCCn1ccnc1CC(C)N. The Bertz CT molecular complexity index is 258. The molecule has 3 nitrogen and oxygen atoms in total. The molecular formula is C10H19N3S. The first kappa shape index (κ1) is 11.6. The van der Waals surface area contributed by atoms with E-state index in [1.165, 1.54) is 5.75 Å². The van der Waals surface area contributed by atoms with E-state index in [0.717, 1.165) is 24.5 Å². The number of aromatic nitrogens is 2. The van der Waals surface area contributed by atoms with Crippen molar-refractivity contribution in [2.24, 2.45) is 5.73 Å². The molecule has 0 saturated heterocycles. The maximum Gasteiger partial charge on any atom is 0.110 e. The van der Waals surface area contributed by atoms with E-state index in [1.807, 2.05) is 31.1 Å². The molecule has 0 aliphatic heterocycles. The van der Waals surface area contributed by atoms with E-state index in [0.29, 0.717) is 0 Å². The fourth-order valence-corrected chi connectivity index (χ4v) is 1.94. The third-order valence-corrected chi connectivity index (χ3v) is 2.87. The van der Waals surface area contributed by atoms with E-state index in [9.17, 15) is 0 Å². The van der Waals surface area contributed by atoms with Crippen LogP contribution in [-0.2, 0) is 13.0 Å². The van der Waals surface area contributed by atoms with E-state index in [2.05, 4.69) is 16.5 Å². The molecule has 0 bridgehead atoms. The summed E-state index contributed by atoms with van der Waals surface area (Å²) in [4.78, 5) is 4.31. The maximum absolute atomic E-state index is 5.75. The third-order valence-electron chi connectivity index (χ3n) is 1.99. The Labute approximate surface area is 90.1 Å². The van der Waals surface area contributed by atoms with Crippen molar-refractivity contribution in [1.29, 1.82) is 0 Å². The molecule has 1 heterocycles. The minimum atomic E-state index is 0.190. The van der Waals surface area contributed by atoms with Gasteiger partial charge in [-0.1, -0.05) is 6.92 Å². The molecule has 14 heavy (non-hydrogen) atoms. The highest BCUT2D eigenvalue weighted by Crippen LogP contribution is 2.05. The van der Waals surface area contributed by atoms with Crippen molar-refractivity contribution in [3.8, 4) is 0 Å². The van der Waals surface area contributed by atoms with Crippen LogP contribution in [0.1, 0.15) is 19.7 Å². The van der Waals surface area contributed by atoms with Crippen molar-refractivity contribution in [2.75, 3.05) is 11.5 Å². The lowest BCUT2D eigenvalue weighted by molar-refractivity contribution is 0.640. The molecule has 80 valence electrons. The average molecular weight is 213 g/mol. The second-order valence-corrected chi connectivity index (χ2v) is 4.81. The minimum Gasteiger partial charge on any atom is -0.334 e. The van der Waals surface area contributed by atoms with Gasteiger partial charge in [-0.15, -0.1) is 0 Å². The van der Waals surface area contributed by atoms with Crippen LogP contribution in [-0.4, -0.2) is 27.1 Å². The molecule has 0 aliphatic rings. The fourth-order valence-electron chi connectivity index (χ4n) is 1.33. The fraction of sp³-hybridized carbons (Fsp3) is 0.700. The van der Waals surface area contributed by atoms with Crippen LogP contribution in [0, 0.1) is 0 Å². The first-order valence-electron chi connectivity index (χ1n) is 5.07. The molecule has 0 saturated carbocycles. The van der Waals surface area contributed by atoms with Gasteiger partial charge in [0.25, 0.3) is 0 Å². The number of aryl methyl sites for hydroxylation is 1. The molecule has 1 atom stereocenters. The number of imidazole rings is 1. The zero-order valence-corrected chi connectivity index (χ0v) is 9.76. The van der Waals surface area contributed by atoms with Crippen molar-refractivity contribution < 1.29 is 0 Å². The van der Waals surface area contributed by atoms with Crippen LogP contribution < -0.4 is 5.73 Å². The van der Waals surface area contributed by atoms with Gasteiger partial charge in [-0.3, -0.25) is 0 Å². The van der Waals surface area contributed by atoms with Crippen molar-refractivity contribution in [3.05, 3.63) is 18.2 Å². The van der Waals surface area contributed by atoms with Crippen molar-refractivity contribution in [3.63, 3.8) is 0 Å². The van der Waals surface area contributed by atoms with Crippen LogP contribution in [0.5, 0.6) is 0 Å². The zero-order chi connectivity index (χ0) is 10.4. The number of hydrogen-bond donors (Lipinski definition) is 1. The standard InChI is InChI=1S/C10H19N3S/c1-3-14-7-6-13-5-4-12-10(13)8-9(2)11/h4-5,9H,3,6-8,11H2,1-2H3. The first-order valence-corrected chi connectivity index (χ1v) is 6.22. The number of thioether (sulfide) groups is 1. The topological polar surface area (TPSA) is 43.8 Å². The van der Waals surface area contributed by atoms with Crippen LogP contribution in [0.2, 0.25) is 0 Å². The molecule has 0 amide bonds. The van der Waals surface area contributed by atoms with Crippen molar-refractivity contribution >= 4 is 11.8 Å². The van der Waals surface area contributed by atoms with Gasteiger partial charge >= 0.3 is 0 Å². The van der Waals surface area contributed by atoms with Crippen LogP contribution in [0.3, 0.4) is 0 Å². The van der Waals surface area contributed by atoms with Crippen LogP contribution in [0.25, 0.3) is 0 Å². The predicted molar refractivity (Wildman–Crippen MR) is 62.6 cm³/mol. The van der Waals surface area contributed by atoms with Gasteiger partial charge in [0.15, 0.2) is 0 Å². The van der Waals surface area contributed by atoms with E-state index in [4.69, 9.17) is 5.73 Å². The maximum atomic E-state index is 5.75. The Morgan fingerprint density at radius 1 is 1.64 bits per heavy atom. The van der Waals surface area contributed by atoms with Crippen LogP contribution in [0.15, 0.2) is 12.4 Å². The summed E-state index contributed by atoms with van der Waals surface area (Å²) in [6.45, 7) is 5.24. The Kier molecular flexibility index (Phi) is 5.04. The quantitative estimate of drug-likeness (QED) is 0.729. The predicted octanol–water partition coefficient (Wildman–Crippen LogP) is 1.53. The summed E-state index contributed by atoms with van der Waals surface area (Å²) in [6, 6.07) is 0.190. The largest absolute Gasteiger partial charge is 0.334 e. The molecule has 0 aromatic carbocycles. The zero-order valence-electron chi connectivity index (χ0n) is 8.94. The van der Waals surface area contributed by atoms with Gasteiger partial charge in [-0.05, 0) is 12.7 Å². The summed E-state index contributed by atoms with van der Waals surface area (Å²) in [5.74, 6) is 3.44. The van der Waals surface area contributed by atoms with Gasteiger partial charge in [0.1, 0.15) is 5.82 Å². The summed E-state index contributed by atoms with van der Waals surface area (Å²) < 4.78 is 2.20. The molecule has 1 unspecified atom stereocenters. The lowest BCUT2D eigenvalue weighted by Crippen LogP contribution is -2.20. The Morgan fingerprint density at radius 3 is 3.07 bits per heavy atom. The highest BCUT2D eigenvalue weighted by atomic mass is 32.2.